The summed E-state index contributed by atoms with van der Waals surface area (Å²) in [6.07, 6.45) is 4.65. The highest BCUT2D eigenvalue weighted by molar-refractivity contribution is 5.55. The molecule has 1 aromatic rings. The molecular formula is C18H30N2. The van der Waals surface area contributed by atoms with Crippen LogP contribution in [0, 0.1) is 12.8 Å². The van der Waals surface area contributed by atoms with Crippen molar-refractivity contribution in [3.63, 3.8) is 0 Å². The third kappa shape index (κ3) is 3.54. The van der Waals surface area contributed by atoms with Crippen LogP contribution >= 0.6 is 0 Å². The van der Waals surface area contributed by atoms with Crippen molar-refractivity contribution in [3.05, 3.63) is 29.3 Å². The number of benzene rings is 1. The summed E-state index contributed by atoms with van der Waals surface area (Å²) < 4.78 is 0. The van der Waals surface area contributed by atoms with E-state index in [4.69, 9.17) is 5.73 Å². The summed E-state index contributed by atoms with van der Waals surface area (Å²) in [5.74, 6) is 0.864. The summed E-state index contributed by atoms with van der Waals surface area (Å²) in [5, 5.41) is 0. The van der Waals surface area contributed by atoms with Crippen LogP contribution in [0.15, 0.2) is 18.2 Å². The first-order valence-electron chi connectivity index (χ1n) is 8.13. The molecule has 1 aliphatic rings. The van der Waals surface area contributed by atoms with E-state index in [9.17, 15) is 0 Å². The Morgan fingerprint density at radius 1 is 1.35 bits per heavy atom. The summed E-state index contributed by atoms with van der Waals surface area (Å²) in [6.45, 7) is 10.3. The first-order chi connectivity index (χ1) is 9.51. The Morgan fingerprint density at radius 2 is 2.10 bits per heavy atom. The molecule has 2 nitrogen and oxygen atoms in total. The maximum atomic E-state index is 6.06. The minimum atomic E-state index is 0.287. The minimum Gasteiger partial charge on any atom is -0.369 e. The lowest BCUT2D eigenvalue weighted by Gasteiger charge is -2.39. The van der Waals surface area contributed by atoms with Gasteiger partial charge < -0.3 is 10.6 Å². The average molecular weight is 274 g/mol. The molecule has 0 aromatic heterocycles. The highest BCUT2D eigenvalue weighted by Gasteiger charge is 2.23. The molecule has 1 aromatic carbocycles. The molecule has 2 heteroatoms. The van der Waals surface area contributed by atoms with Crippen LogP contribution in [0.3, 0.4) is 0 Å². The molecule has 20 heavy (non-hydrogen) atoms. The maximum absolute atomic E-state index is 6.06. The van der Waals surface area contributed by atoms with E-state index in [1.165, 1.54) is 36.2 Å². The topological polar surface area (TPSA) is 29.3 Å². The number of nitrogens with two attached hydrogens (primary N) is 1. The second kappa shape index (κ2) is 6.62. The van der Waals surface area contributed by atoms with Gasteiger partial charge in [0, 0.05) is 24.3 Å². The molecule has 2 N–H and O–H groups in total. The monoisotopic (exact) mass is 274 g/mol. The van der Waals surface area contributed by atoms with E-state index in [2.05, 4.69) is 50.8 Å². The van der Waals surface area contributed by atoms with Gasteiger partial charge >= 0.3 is 0 Å². The average Bonchev–Trinajstić information content (AvgIpc) is 2.40. The van der Waals surface area contributed by atoms with Gasteiger partial charge in [0.25, 0.3) is 0 Å². The van der Waals surface area contributed by atoms with Gasteiger partial charge in [0.1, 0.15) is 0 Å². The molecule has 0 saturated carbocycles. The largest absolute Gasteiger partial charge is 0.369 e. The minimum absolute atomic E-state index is 0.287. The van der Waals surface area contributed by atoms with Gasteiger partial charge in [-0.15, -0.1) is 0 Å². The quantitative estimate of drug-likeness (QED) is 0.902. The van der Waals surface area contributed by atoms with Crippen molar-refractivity contribution >= 4 is 5.69 Å². The van der Waals surface area contributed by atoms with Gasteiger partial charge in [-0.05, 0) is 62.6 Å². The number of piperidine rings is 1. The van der Waals surface area contributed by atoms with Crippen molar-refractivity contribution in [2.75, 3.05) is 11.4 Å². The van der Waals surface area contributed by atoms with Crippen molar-refractivity contribution in [3.8, 4) is 0 Å². The van der Waals surface area contributed by atoms with E-state index in [1.54, 1.807) is 0 Å². The van der Waals surface area contributed by atoms with Crippen LogP contribution in [0.25, 0.3) is 0 Å². The first-order valence-corrected chi connectivity index (χ1v) is 8.13. The molecule has 0 amide bonds. The SMILES string of the molecule is CCC(N)Cc1ccc(N2CCC(C)CC2C)c(C)c1. The fourth-order valence-corrected chi connectivity index (χ4v) is 3.38. The number of rotatable bonds is 4. The number of anilines is 1. The van der Waals surface area contributed by atoms with Gasteiger partial charge in [0.05, 0.1) is 0 Å². The van der Waals surface area contributed by atoms with E-state index >= 15 is 0 Å². The van der Waals surface area contributed by atoms with Crippen molar-refractivity contribution in [1.29, 1.82) is 0 Å². The Bertz CT molecular complexity index is 441. The standard InChI is InChI=1S/C18H30N2/c1-5-17(19)12-16-6-7-18(14(3)11-16)20-9-8-13(2)10-15(20)4/h6-7,11,13,15,17H,5,8-10,12,19H2,1-4H3. The Hall–Kier alpha value is -1.02. The van der Waals surface area contributed by atoms with Crippen molar-refractivity contribution < 1.29 is 0 Å². The molecule has 1 fully saturated rings. The third-order valence-electron chi connectivity index (χ3n) is 4.73. The Labute approximate surface area is 124 Å². The number of hydrogen-bond acceptors (Lipinski definition) is 2. The maximum Gasteiger partial charge on any atom is 0.0398 e. The molecule has 1 saturated heterocycles. The van der Waals surface area contributed by atoms with Gasteiger partial charge in [0.15, 0.2) is 0 Å². The van der Waals surface area contributed by atoms with Gasteiger partial charge in [0.2, 0.25) is 0 Å². The van der Waals surface area contributed by atoms with E-state index in [0.29, 0.717) is 6.04 Å². The Balaban J connectivity index is 2.13. The molecule has 2 rings (SSSR count). The molecule has 112 valence electrons. The van der Waals surface area contributed by atoms with Crippen LogP contribution in [0.4, 0.5) is 5.69 Å². The molecule has 3 atom stereocenters. The fraction of sp³-hybridized carbons (Fsp3) is 0.667. The van der Waals surface area contributed by atoms with Gasteiger partial charge in [-0.25, -0.2) is 0 Å². The molecule has 0 spiro atoms. The zero-order valence-electron chi connectivity index (χ0n) is 13.5. The van der Waals surface area contributed by atoms with Crippen molar-refractivity contribution in [2.45, 2.75) is 65.5 Å². The zero-order valence-corrected chi connectivity index (χ0v) is 13.5. The van der Waals surface area contributed by atoms with Crippen LogP contribution in [-0.4, -0.2) is 18.6 Å². The smallest absolute Gasteiger partial charge is 0.0398 e. The van der Waals surface area contributed by atoms with E-state index in [-0.39, 0.29) is 6.04 Å². The van der Waals surface area contributed by atoms with Crippen LogP contribution in [0.2, 0.25) is 0 Å². The fourth-order valence-electron chi connectivity index (χ4n) is 3.38. The van der Waals surface area contributed by atoms with E-state index in [0.717, 1.165) is 18.8 Å². The van der Waals surface area contributed by atoms with Gasteiger partial charge in [-0.3, -0.25) is 0 Å². The first kappa shape index (κ1) is 15.4. The zero-order chi connectivity index (χ0) is 14.7. The lowest BCUT2D eigenvalue weighted by Crippen LogP contribution is -2.40. The molecule has 0 radical (unpaired) electrons. The summed E-state index contributed by atoms with van der Waals surface area (Å²) in [7, 11) is 0. The molecular weight excluding hydrogens is 244 g/mol. The highest BCUT2D eigenvalue weighted by atomic mass is 15.2. The Kier molecular flexibility index (Phi) is 5.09. The van der Waals surface area contributed by atoms with E-state index in [1.807, 2.05) is 0 Å². The van der Waals surface area contributed by atoms with Crippen molar-refractivity contribution in [2.24, 2.45) is 11.7 Å². The second-order valence-corrected chi connectivity index (χ2v) is 6.67. The molecule has 0 bridgehead atoms. The molecule has 0 aliphatic carbocycles. The molecule has 3 unspecified atom stereocenters. The van der Waals surface area contributed by atoms with Crippen molar-refractivity contribution in [1.82, 2.24) is 0 Å². The summed E-state index contributed by atoms with van der Waals surface area (Å²) >= 11 is 0. The van der Waals surface area contributed by atoms with Crippen LogP contribution in [-0.2, 0) is 6.42 Å². The highest BCUT2D eigenvalue weighted by Crippen LogP contribution is 2.30. The van der Waals surface area contributed by atoms with Crippen LogP contribution in [0.5, 0.6) is 0 Å². The number of hydrogen-bond donors (Lipinski definition) is 1. The molecule has 1 heterocycles. The summed E-state index contributed by atoms with van der Waals surface area (Å²) in [5.41, 5.74) is 10.2. The summed E-state index contributed by atoms with van der Waals surface area (Å²) in [6, 6.07) is 7.84. The molecule has 1 aliphatic heterocycles. The van der Waals surface area contributed by atoms with Crippen LogP contribution < -0.4 is 10.6 Å². The second-order valence-electron chi connectivity index (χ2n) is 6.67. The normalized spacial score (nSPS) is 24.8. The number of aryl methyl sites for hydroxylation is 1. The lowest BCUT2D eigenvalue weighted by molar-refractivity contribution is 0.377. The lowest BCUT2D eigenvalue weighted by atomic mass is 9.92. The number of nitrogens with zero attached hydrogens (tertiary/aromatic N) is 1. The Morgan fingerprint density at radius 3 is 2.70 bits per heavy atom. The summed E-state index contributed by atoms with van der Waals surface area (Å²) in [4.78, 5) is 2.58. The van der Waals surface area contributed by atoms with E-state index < -0.39 is 0 Å². The predicted molar refractivity (Wildman–Crippen MR) is 88.4 cm³/mol. The van der Waals surface area contributed by atoms with Crippen LogP contribution in [0.1, 0.15) is 51.2 Å². The van der Waals surface area contributed by atoms with Gasteiger partial charge in [-0.1, -0.05) is 26.0 Å². The van der Waals surface area contributed by atoms with Gasteiger partial charge in [-0.2, -0.15) is 0 Å². The third-order valence-corrected chi connectivity index (χ3v) is 4.73. The predicted octanol–water partition coefficient (Wildman–Crippen LogP) is 3.90.